The average Bonchev–Trinajstić information content (AvgIpc) is 2.62. The first kappa shape index (κ1) is 22.6. The lowest BCUT2D eigenvalue weighted by Gasteiger charge is -2.23. The van der Waals surface area contributed by atoms with Gasteiger partial charge in [-0.2, -0.15) is 0 Å². The number of hydrogen-bond acceptors (Lipinski definition) is 3. The van der Waals surface area contributed by atoms with E-state index in [2.05, 4.69) is 45.5 Å². The summed E-state index contributed by atoms with van der Waals surface area (Å²) in [4.78, 5) is 12.6. The molecule has 0 spiro atoms. The summed E-state index contributed by atoms with van der Waals surface area (Å²) in [5, 5.41) is 7.28. The minimum Gasteiger partial charge on any atom is -0.356 e. The number of aromatic nitrogens is 2. The lowest BCUT2D eigenvalue weighted by Crippen LogP contribution is -2.40. The summed E-state index contributed by atoms with van der Waals surface area (Å²) in [6.45, 7) is 6.04. The van der Waals surface area contributed by atoms with Crippen LogP contribution in [0.25, 0.3) is 0 Å². The lowest BCUT2D eigenvalue weighted by molar-refractivity contribution is 0.487. The highest BCUT2D eigenvalue weighted by Crippen LogP contribution is 2.22. The fourth-order valence-electron chi connectivity index (χ4n) is 2.64. The number of rotatable bonds is 7. The Bertz CT molecular complexity index is 661. The van der Waals surface area contributed by atoms with E-state index in [4.69, 9.17) is 11.6 Å². The van der Waals surface area contributed by atoms with Crippen molar-refractivity contribution in [2.45, 2.75) is 26.2 Å². The maximum Gasteiger partial charge on any atom is 0.191 e. The Morgan fingerprint density at radius 1 is 1.19 bits per heavy atom. The van der Waals surface area contributed by atoms with Crippen LogP contribution >= 0.6 is 35.6 Å². The molecule has 0 aliphatic carbocycles. The molecule has 0 bridgehead atoms. The van der Waals surface area contributed by atoms with Gasteiger partial charge in [-0.3, -0.25) is 9.98 Å². The van der Waals surface area contributed by atoms with Crippen LogP contribution in [0.1, 0.15) is 30.9 Å². The molecular weight excluding hydrogens is 461 g/mol. The summed E-state index contributed by atoms with van der Waals surface area (Å²) in [6, 6.07) is 7.91. The monoisotopic (exact) mass is 487 g/mol. The molecule has 26 heavy (non-hydrogen) atoms. The van der Waals surface area contributed by atoms with E-state index in [-0.39, 0.29) is 24.0 Å². The summed E-state index contributed by atoms with van der Waals surface area (Å²) in [6.07, 6.45) is 6.41. The molecule has 2 rings (SSSR count). The van der Waals surface area contributed by atoms with Gasteiger partial charge in [0.2, 0.25) is 0 Å². The Kier molecular flexibility index (Phi) is 10.5. The molecule has 2 N–H and O–H groups in total. The Balaban J connectivity index is 0.00000338. The molecule has 0 saturated carbocycles. The highest BCUT2D eigenvalue weighted by Gasteiger charge is 2.16. The third-order valence-corrected chi connectivity index (χ3v) is 4.35. The highest BCUT2D eigenvalue weighted by atomic mass is 127. The molecule has 7 heteroatoms. The Hall–Kier alpha value is -1.41. The van der Waals surface area contributed by atoms with Crippen molar-refractivity contribution in [1.82, 2.24) is 20.6 Å². The van der Waals surface area contributed by atoms with Gasteiger partial charge in [-0.15, -0.1) is 24.0 Å². The van der Waals surface area contributed by atoms with E-state index >= 15 is 0 Å². The molecule has 0 radical (unpaired) electrons. The van der Waals surface area contributed by atoms with Crippen molar-refractivity contribution in [2.75, 3.05) is 20.1 Å². The van der Waals surface area contributed by atoms with Crippen molar-refractivity contribution in [3.05, 3.63) is 59.1 Å². The fourth-order valence-corrected chi connectivity index (χ4v) is 2.75. The summed E-state index contributed by atoms with van der Waals surface area (Å²) in [5.74, 6) is 1.69. The third-order valence-electron chi connectivity index (χ3n) is 4.13. The molecule has 2 aromatic heterocycles. The minimum absolute atomic E-state index is 0. The first-order valence-corrected chi connectivity index (χ1v) is 8.92. The highest BCUT2D eigenvalue weighted by molar-refractivity contribution is 14.0. The van der Waals surface area contributed by atoms with Gasteiger partial charge in [0, 0.05) is 44.6 Å². The van der Waals surface area contributed by atoms with Crippen LogP contribution < -0.4 is 10.6 Å². The van der Waals surface area contributed by atoms with Gasteiger partial charge >= 0.3 is 0 Å². The minimum atomic E-state index is 0. The van der Waals surface area contributed by atoms with E-state index in [0.29, 0.717) is 17.0 Å². The van der Waals surface area contributed by atoms with Crippen LogP contribution in [0.3, 0.4) is 0 Å². The molecule has 0 fully saturated rings. The lowest BCUT2D eigenvalue weighted by atomic mass is 9.89. The number of guanidine groups is 1. The van der Waals surface area contributed by atoms with Crippen LogP contribution in [0.2, 0.25) is 5.15 Å². The van der Waals surface area contributed by atoms with Gasteiger partial charge in [0.05, 0.1) is 0 Å². The van der Waals surface area contributed by atoms with E-state index in [0.717, 1.165) is 31.0 Å². The Morgan fingerprint density at radius 2 is 2.00 bits per heavy atom. The quantitative estimate of drug-likeness (QED) is 0.269. The van der Waals surface area contributed by atoms with Gasteiger partial charge < -0.3 is 10.6 Å². The van der Waals surface area contributed by atoms with E-state index in [1.54, 1.807) is 19.4 Å². The second kappa shape index (κ2) is 12.1. The summed E-state index contributed by atoms with van der Waals surface area (Å²) < 4.78 is 0. The van der Waals surface area contributed by atoms with Crippen LogP contribution in [0.4, 0.5) is 0 Å². The number of halogens is 2. The number of aliphatic imine (C=N–C) groups is 1. The molecule has 1 unspecified atom stereocenters. The van der Waals surface area contributed by atoms with Crippen LogP contribution in [0.5, 0.6) is 0 Å². The van der Waals surface area contributed by atoms with Crippen LogP contribution in [0.15, 0.2) is 47.8 Å². The largest absolute Gasteiger partial charge is 0.356 e. The predicted octanol–water partition coefficient (Wildman–Crippen LogP) is 3.90. The maximum absolute atomic E-state index is 5.81. The van der Waals surface area contributed by atoms with Crippen molar-refractivity contribution in [2.24, 2.45) is 10.9 Å². The maximum atomic E-state index is 5.81. The third kappa shape index (κ3) is 7.45. The van der Waals surface area contributed by atoms with Crippen molar-refractivity contribution in [1.29, 1.82) is 0 Å². The Labute approximate surface area is 178 Å². The van der Waals surface area contributed by atoms with Gasteiger partial charge in [0.15, 0.2) is 5.96 Å². The fraction of sp³-hybridized carbons (Fsp3) is 0.421. The predicted molar refractivity (Wildman–Crippen MR) is 120 cm³/mol. The van der Waals surface area contributed by atoms with E-state index in [9.17, 15) is 0 Å². The average molecular weight is 488 g/mol. The molecule has 2 aromatic rings. The van der Waals surface area contributed by atoms with Crippen molar-refractivity contribution < 1.29 is 0 Å². The molecular formula is C19H27ClIN5. The van der Waals surface area contributed by atoms with Crippen LogP contribution in [-0.4, -0.2) is 36.1 Å². The van der Waals surface area contributed by atoms with Crippen LogP contribution in [-0.2, 0) is 6.42 Å². The topological polar surface area (TPSA) is 62.2 Å². The van der Waals surface area contributed by atoms with Crippen LogP contribution in [0, 0.1) is 5.92 Å². The zero-order valence-electron chi connectivity index (χ0n) is 15.4. The number of pyridine rings is 2. The summed E-state index contributed by atoms with van der Waals surface area (Å²) >= 11 is 5.81. The molecule has 0 amide bonds. The van der Waals surface area contributed by atoms with Gasteiger partial charge in [-0.05, 0) is 35.6 Å². The van der Waals surface area contributed by atoms with Gasteiger partial charge in [-0.1, -0.05) is 37.6 Å². The first-order valence-electron chi connectivity index (χ1n) is 8.55. The molecule has 5 nitrogen and oxygen atoms in total. The smallest absolute Gasteiger partial charge is 0.191 e. The zero-order valence-corrected chi connectivity index (χ0v) is 18.5. The normalized spacial score (nSPS) is 12.4. The van der Waals surface area contributed by atoms with Crippen molar-refractivity contribution in [3.63, 3.8) is 0 Å². The Morgan fingerprint density at radius 3 is 2.58 bits per heavy atom. The van der Waals surface area contributed by atoms with E-state index < -0.39 is 0 Å². The van der Waals surface area contributed by atoms with Gasteiger partial charge in [0.1, 0.15) is 5.15 Å². The SMILES string of the molecule is CN=C(NCCc1ccc(Cl)nc1)NCC(c1cccnc1)C(C)C.I. The molecule has 0 aliphatic heterocycles. The molecule has 2 heterocycles. The second-order valence-corrected chi connectivity index (χ2v) is 6.64. The van der Waals surface area contributed by atoms with Crippen molar-refractivity contribution >= 4 is 41.5 Å². The molecule has 142 valence electrons. The molecule has 0 saturated heterocycles. The second-order valence-electron chi connectivity index (χ2n) is 6.26. The summed E-state index contributed by atoms with van der Waals surface area (Å²) in [5.41, 5.74) is 2.38. The number of nitrogens with zero attached hydrogens (tertiary/aromatic N) is 3. The molecule has 0 aliphatic rings. The van der Waals surface area contributed by atoms with E-state index in [1.807, 2.05) is 24.4 Å². The van der Waals surface area contributed by atoms with E-state index in [1.165, 1.54) is 5.56 Å². The number of nitrogens with one attached hydrogen (secondary N) is 2. The standard InChI is InChI=1S/C19H26ClN5.HI/c1-14(2)17(16-5-4-9-22-12-16)13-25-19(21-3)23-10-8-15-6-7-18(20)24-11-15;/h4-7,9,11-12,14,17H,8,10,13H2,1-3H3,(H2,21,23,25);1H. The van der Waals surface area contributed by atoms with Crippen molar-refractivity contribution in [3.8, 4) is 0 Å². The van der Waals surface area contributed by atoms with Gasteiger partial charge in [-0.25, -0.2) is 4.98 Å². The zero-order chi connectivity index (χ0) is 18.1. The summed E-state index contributed by atoms with van der Waals surface area (Å²) in [7, 11) is 1.79. The first-order chi connectivity index (χ1) is 12.1. The van der Waals surface area contributed by atoms with Gasteiger partial charge in [0.25, 0.3) is 0 Å². The molecule has 0 aromatic carbocycles. The number of hydrogen-bond donors (Lipinski definition) is 2. The molecule has 1 atom stereocenters.